The van der Waals surface area contributed by atoms with Crippen molar-refractivity contribution in [2.45, 2.75) is 53.9 Å². The molecule has 1 aromatic heterocycles. The maximum atomic E-state index is 12.1. The molecule has 0 spiro atoms. The Hall–Kier alpha value is -3.07. The first-order valence-corrected chi connectivity index (χ1v) is 9.91. The molecule has 160 valence electrons. The summed E-state index contributed by atoms with van der Waals surface area (Å²) >= 11 is 0. The number of hydrogen-bond donors (Lipinski definition) is 0. The minimum atomic E-state index is -0.642. The van der Waals surface area contributed by atoms with Gasteiger partial charge in [0.25, 0.3) is 0 Å². The smallest absolute Gasteiger partial charge is 0.314 e. The third-order valence-corrected chi connectivity index (χ3v) is 4.62. The maximum absolute atomic E-state index is 12.1. The molecule has 0 unspecified atom stereocenters. The third-order valence-electron chi connectivity index (χ3n) is 4.62. The highest BCUT2D eigenvalue weighted by atomic mass is 16.7. The fraction of sp³-hybridized carbons (Fsp3) is 0.458. The topological polar surface area (TPSA) is 77.1 Å². The molecule has 30 heavy (non-hydrogen) atoms. The third kappa shape index (κ3) is 5.50. The predicted octanol–water partition coefficient (Wildman–Crippen LogP) is 4.98. The minimum Gasteiger partial charge on any atom is -0.454 e. The Balaban J connectivity index is 2.47. The Morgan fingerprint density at radius 3 is 2.13 bits per heavy atom. The van der Waals surface area contributed by atoms with Crippen LogP contribution < -0.4 is 0 Å². The summed E-state index contributed by atoms with van der Waals surface area (Å²) in [6.07, 6.45) is 0. The highest BCUT2D eigenvalue weighted by molar-refractivity contribution is 5.94. The number of aryl methyl sites for hydroxylation is 2. The molecule has 0 fully saturated rings. The second-order valence-corrected chi connectivity index (χ2v) is 9.38. The zero-order valence-electron chi connectivity index (χ0n) is 19.2. The van der Waals surface area contributed by atoms with E-state index in [0.29, 0.717) is 17.0 Å². The van der Waals surface area contributed by atoms with Crippen LogP contribution in [0.25, 0.3) is 11.3 Å². The molecule has 1 aromatic carbocycles. The van der Waals surface area contributed by atoms with Crippen molar-refractivity contribution in [2.75, 3.05) is 6.79 Å². The molecule has 6 nitrogen and oxygen atoms in total. The van der Waals surface area contributed by atoms with Crippen molar-refractivity contribution in [3.05, 3.63) is 52.8 Å². The van der Waals surface area contributed by atoms with E-state index >= 15 is 0 Å². The minimum absolute atomic E-state index is 0.00862. The van der Waals surface area contributed by atoms with Crippen molar-refractivity contribution < 1.29 is 14.3 Å². The summed E-state index contributed by atoms with van der Waals surface area (Å²) < 4.78 is 12.8. The predicted molar refractivity (Wildman–Crippen MR) is 117 cm³/mol. The van der Waals surface area contributed by atoms with E-state index in [2.05, 4.69) is 31.9 Å². The maximum Gasteiger partial charge on any atom is 0.314 e. The van der Waals surface area contributed by atoms with E-state index in [1.807, 2.05) is 37.3 Å². The van der Waals surface area contributed by atoms with Gasteiger partial charge in [-0.15, -0.1) is 0 Å². The summed E-state index contributed by atoms with van der Waals surface area (Å²) in [5, 5.41) is 14.3. The average Bonchev–Trinajstić information content (AvgIpc) is 2.97. The monoisotopic (exact) mass is 409 g/mol. The lowest BCUT2D eigenvalue weighted by Gasteiger charge is -2.20. The summed E-state index contributed by atoms with van der Waals surface area (Å²) in [7, 11) is 1.78. The van der Waals surface area contributed by atoms with Gasteiger partial charge in [0.15, 0.2) is 5.76 Å². The SMILES string of the molecule is Cc1cc(/C(OCOC(=O)C(C)(C)C)=C(\C#N)c2ccc(C(C)(C)C)cc2)n(C)n1. The molecule has 0 saturated carbocycles. The molecule has 0 radical (unpaired) electrons. The number of nitrogens with zero attached hydrogens (tertiary/aromatic N) is 3. The highest BCUT2D eigenvalue weighted by Crippen LogP contribution is 2.30. The zero-order valence-corrected chi connectivity index (χ0v) is 19.2. The van der Waals surface area contributed by atoms with Gasteiger partial charge in [0, 0.05) is 7.05 Å². The number of rotatable bonds is 5. The molecule has 0 saturated heterocycles. The lowest BCUT2D eigenvalue weighted by Crippen LogP contribution is -2.24. The number of benzene rings is 1. The molecular weight excluding hydrogens is 378 g/mol. The molecule has 0 bridgehead atoms. The quantitative estimate of drug-likeness (QED) is 0.301. The van der Waals surface area contributed by atoms with E-state index in [9.17, 15) is 10.1 Å². The Labute approximate surface area is 179 Å². The van der Waals surface area contributed by atoms with Crippen LogP contribution in [0.1, 0.15) is 64.1 Å². The van der Waals surface area contributed by atoms with Crippen molar-refractivity contribution in [2.24, 2.45) is 12.5 Å². The Morgan fingerprint density at radius 1 is 1.10 bits per heavy atom. The molecule has 0 aliphatic carbocycles. The van der Waals surface area contributed by atoms with Gasteiger partial charge in [-0.05, 0) is 50.3 Å². The van der Waals surface area contributed by atoms with Gasteiger partial charge in [-0.3, -0.25) is 9.48 Å². The molecule has 0 N–H and O–H groups in total. The standard InChI is InChI=1S/C24H31N3O3/c1-16-13-20(27(8)26-16)21(29-15-30-22(28)24(5,6)7)19(14-25)17-9-11-18(12-10-17)23(2,3)4/h9-13H,15H2,1-8H3/b21-19-. The first kappa shape index (κ1) is 23.2. The summed E-state index contributed by atoms with van der Waals surface area (Å²) in [5.74, 6) is -0.0538. The summed E-state index contributed by atoms with van der Waals surface area (Å²) in [5.41, 5.74) is 3.04. The van der Waals surface area contributed by atoms with Crippen molar-refractivity contribution in [3.63, 3.8) is 0 Å². The van der Waals surface area contributed by atoms with Crippen LogP contribution in [-0.4, -0.2) is 22.5 Å². The molecular formula is C24H31N3O3. The molecule has 6 heteroatoms. The van der Waals surface area contributed by atoms with Crippen LogP contribution >= 0.6 is 0 Å². The van der Waals surface area contributed by atoms with Gasteiger partial charge in [0.1, 0.15) is 17.3 Å². The van der Waals surface area contributed by atoms with Gasteiger partial charge in [-0.1, -0.05) is 45.0 Å². The van der Waals surface area contributed by atoms with Crippen molar-refractivity contribution in [1.29, 1.82) is 5.26 Å². The Bertz CT molecular complexity index is 979. The summed E-state index contributed by atoms with van der Waals surface area (Å²) in [6, 6.07) is 11.9. The van der Waals surface area contributed by atoms with Crippen molar-refractivity contribution >= 4 is 17.3 Å². The van der Waals surface area contributed by atoms with Gasteiger partial charge in [0.2, 0.25) is 6.79 Å². The van der Waals surface area contributed by atoms with Gasteiger partial charge in [-0.25, -0.2) is 0 Å². The first-order valence-electron chi connectivity index (χ1n) is 9.91. The number of allylic oxidation sites excluding steroid dienone is 1. The van der Waals surface area contributed by atoms with Gasteiger partial charge < -0.3 is 9.47 Å². The Morgan fingerprint density at radius 2 is 1.70 bits per heavy atom. The van der Waals surface area contributed by atoms with E-state index in [1.165, 1.54) is 5.56 Å². The number of carbonyl (C=O) groups excluding carboxylic acids is 1. The summed E-state index contributed by atoms with van der Waals surface area (Å²) in [4.78, 5) is 12.1. The number of nitriles is 1. The number of carbonyl (C=O) groups is 1. The molecule has 1 heterocycles. The van der Waals surface area contributed by atoms with Crippen molar-refractivity contribution in [3.8, 4) is 6.07 Å². The van der Waals surface area contributed by atoms with Gasteiger partial charge >= 0.3 is 5.97 Å². The molecule has 0 aliphatic rings. The number of aromatic nitrogens is 2. The van der Waals surface area contributed by atoms with Crippen molar-refractivity contribution in [1.82, 2.24) is 9.78 Å². The lowest BCUT2D eigenvalue weighted by atomic mass is 9.86. The fourth-order valence-corrected chi connectivity index (χ4v) is 2.84. The second kappa shape index (κ2) is 8.74. The number of esters is 1. The van der Waals surface area contributed by atoms with Gasteiger partial charge in [0.05, 0.1) is 11.1 Å². The normalized spacial score (nSPS) is 12.8. The fourth-order valence-electron chi connectivity index (χ4n) is 2.84. The lowest BCUT2D eigenvalue weighted by molar-refractivity contribution is -0.161. The van der Waals surface area contributed by atoms with Crippen LogP contribution in [0.15, 0.2) is 30.3 Å². The summed E-state index contributed by atoms with van der Waals surface area (Å²) in [6.45, 7) is 13.3. The first-order chi connectivity index (χ1) is 13.8. The van der Waals surface area contributed by atoms with Crippen LogP contribution in [0.4, 0.5) is 0 Å². The molecule has 2 aromatic rings. The van der Waals surface area contributed by atoms with Crippen LogP contribution in [0.2, 0.25) is 0 Å². The zero-order chi connectivity index (χ0) is 22.7. The van der Waals surface area contributed by atoms with Crippen LogP contribution in [0, 0.1) is 23.7 Å². The van der Waals surface area contributed by atoms with E-state index in [0.717, 1.165) is 11.3 Å². The highest BCUT2D eigenvalue weighted by Gasteiger charge is 2.24. The number of ether oxygens (including phenoxy) is 2. The van der Waals surface area contributed by atoms with E-state index in [1.54, 1.807) is 32.5 Å². The second-order valence-electron chi connectivity index (χ2n) is 9.38. The number of hydrogen-bond acceptors (Lipinski definition) is 5. The Kier molecular flexibility index (Phi) is 6.77. The van der Waals surface area contributed by atoms with Crippen LogP contribution in [0.5, 0.6) is 0 Å². The van der Waals surface area contributed by atoms with E-state index < -0.39 is 5.41 Å². The average molecular weight is 410 g/mol. The molecule has 0 aliphatic heterocycles. The molecule has 0 amide bonds. The van der Waals surface area contributed by atoms with Crippen LogP contribution in [0.3, 0.4) is 0 Å². The van der Waals surface area contributed by atoms with Crippen LogP contribution in [-0.2, 0) is 26.7 Å². The van der Waals surface area contributed by atoms with E-state index in [4.69, 9.17) is 9.47 Å². The van der Waals surface area contributed by atoms with E-state index in [-0.39, 0.29) is 18.2 Å². The molecule has 2 rings (SSSR count). The van der Waals surface area contributed by atoms with Gasteiger partial charge in [-0.2, -0.15) is 10.4 Å². The largest absolute Gasteiger partial charge is 0.454 e. The molecule has 0 atom stereocenters.